The number of hydrogen-bond acceptors (Lipinski definition) is 12. The molecule has 0 aliphatic heterocycles. The maximum absolute atomic E-state index is 13.6. The van der Waals surface area contributed by atoms with Gasteiger partial charge in [-0.05, 0) is 24.3 Å². The van der Waals surface area contributed by atoms with Gasteiger partial charge in [0.25, 0.3) is 0 Å². The molecule has 0 amide bonds. The second kappa shape index (κ2) is 12.8. The molecule has 10 rings (SSSR count). The van der Waals surface area contributed by atoms with Crippen LogP contribution < -0.4 is 0 Å². The molecule has 0 atom stereocenters. The zero-order valence-corrected chi connectivity index (χ0v) is 26.7. The first-order chi connectivity index (χ1) is 25.6. The number of halogens is 2. The van der Waals surface area contributed by atoms with E-state index in [1.54, 1.807) is 96.2 Å². The van der Waals surface area contributed by atoms with Crippen LogP contribution in [0.3, 0.4) is 0 Å². The van der Waals surface area contributed by atoms with Crippen LogP contribution in [0.2, 0.25) is 0 Å². The van der Waals surface area contributed by atoms with Gasteiger partial charge in [0, 0.05) is 36.9 Å². The molecule has 0 aliphatic carbocycles. The molecule has 0 N–H and O–H groups in total. The Morgan fingerprint density at radius 2 is 1.00 bits per heavy atom. The minimum atomic E-state index is -0.340. The third kappa shape index (κ3) is 5.78. The van der Waals surface area contributed by atoms with Gasteiger partial charge in [0.15, 0.2) is 11.3 Å². The fourth-order valence-corrected chi connectivity index (χ4v) is 5.61. The second-order valence-corrected chi connectivity index (χ2v) is 11.4. The Morgan fingerprint density at radius 1 is 0.462 bits per heavy atom. The lowest BCUT2D eigenvalue weighted by Gasteiger charge is -2.05. The lowest BCUT2D eigenvalue weighted by molar-refractivity contribution is 0.628. The summed E-state index contributed by atoms with van der Waals surface area (Å²) in [5.41, 5.74) is 6.79. The Kier molecular flexibility index (Phi) is 7.49. The molecule has 0 fully saturated rings. The zero-order chi connectivity index (χ0) is 35.0. The number of benzene rings is 2. The molecule has 252 valence electrons. The summed E-state index contributed by atoms with van der Waals surface area (Å²) in [5.74, 6) is 0.160. The van der Waals surface area contributed by atoms with E-state index in [9.17, 15) is 8.78 Å². The molecule has 0 radical (unpaired) electrons. The molecule has 0 saturated heterocycles. The van der Waals surface area contributed by atoms with Crippen LogP contribution >= 0.6 is 0 Å². The van der Waals surface area contributed by atoms with E-state index in [4.69, 9.17) is 0 Å². The summed E-state index contributed by atoms with van der Waals surface area (Å²) in [6.45, 7) is 0.983. The first-order valence-corrected chi connectivity index (χ1v) is 15.7. The van der Waals surface area contributed by atoms with Crippen molar-refractivity contribution in [2.45, 2.75) is 13.1 Å². The predicted octanol–water partition coefficient (Wildman–Crippen LogP) is 4.29. The standard InChI is InChI=1S/2C17H11FN8/c18-11-1-2-15-13(5-11)23-10-26(15)17-21-7-14-16(24-17)25(9-22-14)8-12-6-19-3-4-20-12;18-11-1-2-13-15(5-11)26(10-23-13)17-21-7-14-16(24-17)25(9-22-14)8-12-6-19-3-4-20-12/h2*1-7,9-10H,8H2. The first kappa shape index (κ1) is 30.6. The summed E-state index contributed by atoms with van der Waals surface area (Å²) in [6, 6.07) is 8.83. The van der Waals surface area contributed by atoms with Crippen LogP contribution in [-0.2, 0) is 13.1 Å². The molecular weight excluding hydrogens is 670 g/mol. The highest BCUT2D eigenvalue weighted by molar-refractivity contribution is 5.78. The topological polar surface area (TPSA) is 174 Å². The van der Waals surface area contributed by atoms with E-state index in [-0.39, 0.29) is 11.6 Å². The average Bonchev–Trinajstić information content (AvgIpc) is 3.98. The fourth-order valence-electron chi connectivity index (χ4n) is 5.61. The summed E-state index contributed by atoms with van der Waals surface area (Å²) in [4.78, 5) is 51.7. The maximum Gasteiger partial charge on any atom is 0.237 e. The Morgan fingerprint density at radius 3 is 1.60 bits per heavy atom. The van der Waals surface area contributed by atoms with Gasteiger partial charge >= 0.3 is 0 Å². The molecule has 0 bridgehead atoms. The maximum atomic E-state index is 13.6. The van der Waals surface area contributed by atoms with Crippen molar-refractivity contribution in [3.63, 3.8) is 0 Å². The van der Waals surface area contributed by atoms with Crippen LogP contribution in [0.1, 0.15) is 11.4 Å². The minimum Gasteiger partial charge on any atom is -0.309 e. The van der Waals surface area contributed by atoms with Gasteiger partial charge in [0.2, 0.25) is 11.9 Å². The largest absolute Gasteiger partial charge is 0.309 e. The van der Waals surface area contributed by atoms with Gasteiger partial charge in [-0.2, -0.15) is 9.97 Å². The summed E-state index contributed by atoms with van der Waals surface area (Å²) in [7, 11) is 0. The van der Waals surface area contributed by atoms with E-state index in [1.807, 2.05) is 9.13 Å². The fraction of sp³-hybridized carbons (Fsp3) is 0.0588. The molecule has 0 unspecified atom stereocenters. The highest BCUT2D eigenvalue weighted by Crippen LogP contribution is 2.21. The monoisotopic (exact) mass is 692 g/mol. The van der Waals surface area contributed by atoms with Gasteiger partial charge in [0.1, 0.15) is 35.3 Å². The molecule has 8 heterocycles. The Balaban J connectivity index is 0.000000138. The van der Waals surface area contributed by atoms with Crippen LogP contribution in [0.5, 0.6) is 0 Å². The van der Waals surface area contributed by atoms with Crippen molar-refractivity contribution in [2.75, 3.05) is 0 Å². The summed E-state index contributed by atoms with van der Waals surface area (Å²) >= 11 is 0. The molecular formula is C34H22F2N16. The zero-order valence-electron chi connectivity index (χ0n) is 26.7. The van der Waals surface area contributed by atoms with Crippen molar-refractivity contribution in [3.8, 4) is 11.9 Å². The Hall–Kier alpha value is -7.50. The van der Waals surface area contributed by atoms with Gasteiger partial charge in [-0.15, -0.1) is 0 Å². The molecule has 2 aromatic carbocycles. The van der Waals surface area contributed by atoms with Crippen LogP contribution in [0.15, 0.2) is 111 Å². The first-order valence-electron chi connectivity index (χ1n) is 15.7. The van der Waals surface area contributed by atoms with Gasteiger partial charge in [-0.1, -0.05) is 0 Å². The number of imidazole rings is 4. The smallest absolute Gasteiger partial charge is 0.237 e. The quantitative estimate of drug-likeness (QED) is 0.242. The molecule has 0 saturated carbocycles. The van der Waals surface area contributed by atoms with E-state index in [2.05, 4.69) is 59.8 Å². The Labute approximate surface area is 290 Å². The van der Waals surface area contributed by atoms with Crippen LogP contribution in [0.4, 0.5) is 8.78 Å². The van der Waals surface area contributed by atoms with Crippen molar-refractivity contribution >= 4 is 44.4 Å². The van der Waals surface area contributed by atoms with Crippen molar-refractivity contribution in [2.24, 2.45) is 0 Å². The average molecular weight is 693 g/mol. The second-order valence-electron chi connectivity index (χ2n) is 11.4. The van der Waals surface area contributed by atoms with E-state index < -0.39 is 0 Å². The van der Waals surface area contributed by atoms with Gasteiger partial charge < -0.3 is 9.13 Å². The van der Waals surface area contributed by atoms with Crippen LogP contribution in [-0.4, -0.2) is 78.1 Å². The Bertz CT molecular complexity index is 2850. The van der Waals surface area contributed by atoms with Gasteiger partial charge in [-0.3, -0.25) is 29.1 Å². The van der Waals surface area contributed by atoms with Crippen molar-refractivity contribution in [1.29, 1.82) is 0 Å². The van der Waals surface area contributed by atoms with Crippen LogP contribution in [0.25, 0.3) is 56.3 Å². The molecule has 18 heteroatoms. The molecule has 16 nitrogen and oxygen atoms in total. The van der Waals surface area contributed by atoms with Crippen molar-refractivity contribution in [1.82, 2.24) is 78.1 Å². The molecule has 10 aromatic rings. The van der Waals surface area contributed by atoms with E-state index in [0.29, 0.717) is 63.9 Å². The lowest BCUT2D eigenvalue weighted by atomic mass is 10.3. The van der Waals surface area contributed by atoms with E-state index in [1.165, 1.54) is 24.3 Å². The minimum absolute atomic E-state index is 0.332. The van der Waals surface area contributed by atoms with Crippen molar-refractivity contribution < 1.29 is 8.78 Å². The van der Waals surface area contributed by atoms with Crippen LogP contribution in [0, 0.1) is 11.6 Å². The molecule has 8 aromatic heterocycles. The van der Waals surface area contributed by atoms with Crippen molar-refractivity contribution in [3.05, 3.63) is 134 Å². The number of fused-ring (bicyclic) bond motifs is 4. The number of rotatable bonds is 6. The number of aromatic nitrogens is 16. The lowest BCUT2D eigenvalue weighted by Crippen LogP contribution is -2.05. The highest BCUT2D eigenvalue weighted by Gasteiger charge is 2.14. The molecule has 0 spiro atoms. The number of hydrogen-bond donors (Lipinski definition) is 0. The van der Waals surface area contributed by atoms with E-state index >= 15 is 0 Å². The summed E-state index contributed by atoms with van der Waals surface area (Å²) in [5, 5.41) is 0. The molecule has 52 heavy (non-hydrogen) atoms. The summed E-state index contributed by atoms with van der Waals surface area (Å²) in [6.07, 6.45) is 19.8. The third-order valence-electron chi connectivity index (χ3n) is 8.04. The van der Waals surface area contributed by atoms with E-state index in [0.717, 1.165) is 16.9 Å². The predicted molar refractivity (Wildman–Crippen MR) is 182 cm³/mol. The van der Waals surface area contributed by atoms with Gasteiger partial charge in [0.05, 0.1) is 84.0 Å². The molecule has 0 aliphatic rings. The SMILES string of the molecule is Fc1ccc2c(c1)ncn2-c1ncc2ncn(Cc3cnccn3)c2n1.Fc1ccc2ncn(-c3ncc4ncn(Cc5cnccn5)c4n3)c2c1. The normalized spacial score (nSPS) is 11.4. The highest BCUT2D eigenvalue weighted by atomic mass is 19.1. The van der Waals surface area contributed by atoms with Gasteiger partial charge in [-0.25, -0.2) is 38.7 Å². The third-order valence-corrected chi connectivity index (χ3v) is 8.04. The number of nitrogens with zero attached hydrogens (tertiary/aromatic N) is 16. The summed E-state index contributed by atoms with van der Waals surface area (Å²) < 4.78 is 34.1.